The van der Waals surface area contributed by atoms with Gasteiger partial charge in [0.05, 0.1) is 11.7 Å². The monoisotopic (exact) mass is 316 g/mol. The van der Waals surface area contributed by atoms with Crippen molar-refractivity contribution in [1.82, 2.24) is 15.1 Å². The first-order chi connectivity index (χ1) is 11.2. The standard InChI is InChI=1S/C17H24N4O2/c1-20(17(22)13-6-8-23-9-7-13)14-10-21(11-14)16-5-4-15(18-19-16)12-2-3-12/h4-5,12-14H,2-3,6-11H2,1H3. The van der Waals surface area contributed by atoms with Gasteiger partial charge in [-0.1, -0.05) is 0 Å². The summed E-state index contributed by atoms with van der Waals surface area (Å²) in [6.07, 6.45) is 4.21. The zero-order chi connectivity index (χ0) is 15.8. The van der Waals surface area contributed by atoms with Crippen LogP contribution in [-0.2, 0) is 9.53 Å². The van der Waals surface area contributed by atoms with E-state index >= 15 is 0 Å². The summed E-state index contributed by atoms with van der Waals surface area (Å²) < 4.78 is 5.34. The highest BCUT2D eigenvalue weighted by Crippen LogP contribution is 2.38. The van der Waals surface area contributed by atoms with Crippen LogP contribution in [0.5, 0.6) is 0 Å². The largest absolute Gasteiger partial charge is 0.381 e. The van der Waals surface area contributed by atoms with E-state index in [1.165, 1.54) is 12.8 Å². The Bertz CT molecular complexity index is 560. The Morgan fingerprint density at radius 1 is 1.17 bits per heavy atom. The van der Waals surface area contributed by atoms with Crippen LogP contribution in [0.4, 0.5) is 5.82 Å². The van der Waals surface area contributed by atoms with Crippen molar-refractivity contribution in [3.63, 3.8) is 0 Å². The predicted octanol–water partition coefficient (Wildman–Crippen LogP) is 1.43. The highest BCUT2D eigenvalue weighted by atomic mass is 16.5. The third-order valence-corrected chi connectivity index (χ3v) is 5.32. The highest BCUT2D eigenvalue weighted by Gasteiger charge is 2.36. The van der Waals surface area contributed by atoms with E-state index < -0.39 is 0 Å². The van der Waals surface area contributed by atoms with Crippen LogP contribution in [0.1, 0.15) is 37.3 Å². The zero-order valence-corrected chi connectivity index (χ0v) is 13.6. The summed E-state index contributed by atoms with van der Waals surface area (Å²) >= 11 is 0. The molecule has 2 saturated heterocycles. The molecule has 3 fully saturated rings. The van der Waals surface area contributed by atoms with E-state index in [1.807, 2.05) is 11.9 Å². The van der Waals surface area contributed by atoms with Crippen molar-refractivity contribution in [2.24, 2.45) is 5.92 Å². The number of carbonyl (C=O) groups is 1. The first kappa shape index (κ1) is 14.9. The smallest absolute Gasteiger partial charge is 0.225 e. The second kappa shape index (κ2) is 6.07. The quantitative estimate of drug-likeness (QED) is 0.841. The second-order valence-electron chi connectivity index (χ2n) is 6.99. The predicted molar refractivity (Wildman–Crippen MR) is 86.3 cm³/mol. The molecule has 3 heterocycles. The third-order valence-electron chi connectivity index (χ3n) is 5.32. The van der Waals surface area contributed by atoms with E-state index in [0.29, 0.717) is 19.1 Å². The molecule has 6 nitrogen and oxygen atoms in total. The lowest BCUT2D eigenvalue weighted by atomic mass is 9.97. The van der Waals surface area contributed by atoms with Crippen LogP contribution in [0, 0.1) is 5.92 Å². The number of hydrogen-bond acceptors (Lipinski definition) is 5. The van der Waals surface area contributed by atoms with Gasteiger partial charge in [0.15, 0.2) is 5.82 Å². The Hall–Kier alpha value is -1.69. The van der Waals surface area contributed by atoms with Crippen LogP contribution in [0.15, 0.2) is 12.1 Å². The van der Waals surface area contributed by atoms with Crippen molar-refractivity contribution in [3.8, 4) is 0 Å². The molecule has 0 unspecified atom stereocenters. The number of hydrogen-bond donors (Lipinski definition) is 0. The molecule has 2 aliphatic heterocycles. The maximum Gasteiger partial charge on any atom is 0.225 e. The number of anilines is 1. The first-order valence-electron chi connectivity index (χ1n) is 8.65. The Kier molecular flexibility index (Phi) is 3.93. The maximum absolute atomic E-state index is 12.5. The van der Waals surface area contributed by atoms with Gasteiger partial charge in [-0.2, -0.15) is 5.10 Å². The lowest BCUT2D eigenvalue weighted by molar-refractivity contribution is -0.139. The molecule has 0 aromatic carbocycles. The molecule has 6 heteroatoms. The number of nitrogens with zero attached hydrogens (tertiary/aromatic N) is 4. The van der Waals surface area contributed by atoms with E-state index in [1.54, 1.807) is 0 Å². The molecule has 0 radical (unpaired) electrons. The average Bonchev–Trinajstić information content (AvgIpc) is 3.39. The number of likely N-dealkylation sites (N-methyl/N-ethyl adjacent to an activating group) is 1. The molecule has 1 amide bonds. The molecule has 1 aromatic heterocycles. The fourth-order valence-corrected chi connectivity index (χ4v) is 3.40. The summed E-state index contributed by atoms with van der Waals surface area (Å²) in [5.74, 6) is 1.98. The van der Waals surface area contributed by atoms with Crippen molar-refractivity contribution in [2.75, 3.05) is 38.3 Å². The van der Waals surface area contributed by atoms with Crippen molar-refractivity contribution >= 4 is 11.7 Å². The van der Waals surface area contributed by atoms with E-state index in [0.717, 1.165) is 37.4 Å². The van der Waals surface area contributed by atoms with Crippen LogP contribution in [0.3, 0.4) is 0 Å². The van der Waals surface area contributed by atoms with Gasteiger partial charge in [0, 0.05) is 45.2 Å². The molecular formula is C17H24N4O2. The van der Waals surface area contributed by atoms with Crippen LogP contribution in [-0.4, -0.2) is 60.4 Å². The van der Waals surface area contributed by atoms with Gasteiger partial charge in [0.25, 0.3) is 0 Å². The van der Waals surface area contributed by atoms with Crippen molar-refractivity contribution in [3.05, 3.63) is 17.8 Å². The fourth-order valence-electron chi connectivity index (χ4n) is 3.40. The number of amides is 1. The SMILES string of the molecule is CN(C(=O)C1CCOCC1)C1CN(c2ccc(C3CC3)nn2)C1. The molecular weight excluding hydrogens is 292 g/mol. The van der Waals surface area contributed by atoms with Crippen molar-refractivity contribution in [1.29, 1.82) is 0 Å². The van der Waals surface area contributed by atoms with Gasteiger partial charge < -0.3 is 14.5 Å². The summed E-state index contributed by atoms with van der Waals surface area (Å²) in [6, 6.07) is 4.46. The summed E-state index contributed by atoms with van der Waals surface area (Å²) in [7, 11) is 1.93. The minimum Gasteiger partial charge on any atom is -0.381 e. The number of rotatable bonds is 4. The van der Waals surface area contributed by atoms with Crippen LogP contribution >= 0.6 is 0 Å². The van der Waals surface area contributed by atoms with Crippen LogP contribution in [0.2, 0.25) is 0 Å². The Balaban J connectivity index is 1.30. The molecule has 1 saturated carbocycles. The zero-order valence-electron chi connectivity index (χ0n) is 13.6. The summed E-state index contributed by atoms with van der Waals surface area (Å²) in [6.45, 7) is 3.12. The minimum atomic E-state index is 0.139. The third kappa shape index (κ3) is 3.04. The van der Waals surface area contributed by atoms with E-state index in [4.69, 9.17) is 4.74 Å². The Morgan fingerprint density at radius 3 is 2.52 bits per heavy atom. The summed E-state index contributed by atoms with van der Waals surface area (Å²) in [4.78, 5) is 16.7. The van der Waals surface area contributed by atoms with Gasteiger partial charge in [-0.3, -0.25) is 4.79 Å². The first-order valence-corrected chi connectivity index (χ1v) is 8.65. The number of carbonyl (C=O) groups excluding carboxylic acids is 1. The Morgan fingerprint density at radius 2 is 1.91 bits per heavy atom. The van der Waals surface area contributed by atoms with Crippen molar-refractivity contribution in [2.45, 2.75) is 37.6 Å². The minimum absolute atomic E-state index is 0.139. The number of aromatic nitrogens is 2. The van der Waals surface area contributed by atoms with Gasteiger partial charge in [-0.05, 0) is 37.8 Å². The van der Waals surface area contributed by atoms with Gasteiger partial charge >= 0.3 is 0 Å². The maximum atomic E-state index is 12.5. The molecule has 124 valence electrons. The molecule has 0 bridgehead atoms. The molecule has 4 rings (SSSR count). The second-order valence-corrected chi connectivity index (χ2v) is 6.99. The van der Waals surface area contributed by atoms with E-state index in [2.05, 4.69) is 27.2 Å². The van der Waals surface area contributed by atoms with Crippen LogP contribution in [0.25, 0.3) is 0 Å². The fraction of sp³-hybridized carbons (Fsp3) is 0.706. The van der Waals surface area contributed by atoms with E-state index in [-0.39, 0.29) is 17.9 Å². The van der Waals surface area contributed by atoms with Gasteiger partial charge in [-0.25, -0.2) is 0 Å². The Labute approximate surface area is 136 Å². The topological polar surface area (TPSA) is 58.6 Å². The lowest BCUT2D eigenvalue weighted by Crippen LogP contribution is -2.61. The van der Waals surface area contributed by atoms with Gasteiger partial charge in [0.1, 0.15) is 0 Å². The normalized spacial score (nSPS) is 22.7. The molecule has 0 spiro atoms. The summed E-state index contributed by atoms with van der Waals surface area (Å²) in [5.41, 5.74) is 1.12. The highest BCUT2D eigenvalue weighted by molar-refractivity contribution is 5.79. The van der Waals surface area contributed by atoms with E-state index in [9.17, 15) is 4.79 Å². The lowest BCUT2D eigenvalue weighted by Gasteiger charge is -2.45. The molecule has 23 heavy (non-hydrogen) atoms. The molecule has 0 atom stereocenters. The van der Waals surface area contributed by atoms with Gasteiger partial charge in [0.2, 0.25) is 5.91 Å². The molecule has 1 aromatic rings. The van der Waals surface area contributed by atoms with Crippen LogP contribution < -0.4 is 4.90 Å². The summed E-state index contributed by atoms with van der Waals surface area (Å²) in [5, 5.41) is 8.68. The van der Waals surface area contributed by atoms with Gasteiger partial charge in [-0.15, -0.1) is 5.10 Å². The number of ether oxygens (including phenoxy) is 1. The molecule has 1 aliphatic carbocycles. The van der Waals surface area contributed by atoms with Crippen molar-refractivity contribution < 1.29 is 9.53 Å². The molecule has 3 aliphatic rings. The molecule has 0 N–H and O–H groups in total. The average molecular weight is 316 g/mol.